The summed E-state index contributed by atoms with van der Waals surface area (Å²) in [4.78, 5) is 5.22. The van der Waals surface area contributed by atoms with E-state index in [1.165, 1.54) is 4.88 Å². The SMILES string of the molecule is Clc1cc(NCc2cccs2)ccn1. The molecule has 0 atom stereocenters. The summed E-state index contributed by atoms with van der Waals surface area (Å²) >= 11 is 7.49. The molecule has 0 aliphatic carbocycles. The first-order valence-electron chi connectivity index (χ1n) is 4.22. The van der Waals surface area contributed by atoms with Crippen molar-refractivity contribution in [1.29, 1.82) is 0 Å². The smallest absolute Gasteiger partial charge is 0.131 e. The largest absolute Gasteiger partial charge is 0.380 e. The van der Waals surface area contributed by atoms with E-state index in [4.69, 9.17) is 11.6 Å². The van der Waals surface area contributed by atoms with E-state index >= 15 is 0 Å². The number of thiophene rings is 1. The third-order valence-corrected chi connectivity index (χ3v) is 2.86. The Kier molecular flexibility index (Phi) is 3.01. The van der Waals surface area contributed by atoms with Crippen LogP contribution in [-0.2, 0) is 6.54 Å². The molecule has 0 saturated heterocycles. The first kappa shape index (κ1) is 9.49. The van der Waals surface area contributed by atoms with E-state index in [1.807, 2.05) is 18.2 Å². The van der Waals surface area contributed by atoms with Crippen molar-refractivity contribution >= 4 is 28.6 Å². The molecule has 4 heteroatoms. The van der Waals surface area contributed by atoms with Crippen molar-refractivity contribution in [3.8, 4) is 0 Å². The molecule has 0 spiro atoms. The van der Waals surface area contributed by atoms with E-state index in [-0.39, 0.29) is 0 Å². The standard InChI is InChI=1S/C10H9ClN2S/c11-10-6-8(3-4-12-10)13-7-9-2-1-5-14-9/h1-6H,7H2,(H,12,13). The molecular formula is C10H9ClN2S. The predicted molar refractivity (Wildman–Crippen MR) is 60.9 cm³/mol. The maximum Gasteiger partial charge on any atom is 0.131 e. The molecule has 2 rings (SSSR count). The van der Waals surface area contributed by atoms with Crippen molar-refractivity contribution in [1.82, 2.24) is 4.98 Å². The summed E-state index contributed by atoms with van der Waals surface area (Å²) in [5.74, 6) is 0. The fourth-order valence-electron chi connectivity index (χ4n) is 1.11. The van der Waals surface area contributed by atoms with Gasteiger partial charge in [0.1, 0.15) is 5.15 Å². The van der Waals surface area contributed by atoms with Gasteiger partial charge in [0.05, 0.1) is 0 Å². The van der Waals surface area contributed by atoms with Crippen LogP contribution in [0, 0.1) is 0 Å². The molecule has 0 aliphatic rings. The van der Waals surface area contributed by atoms with Crippen LogP contribution >= 0.6 is 22.9 Å². The summed E-state index contributed by atoms with van der Waals surface area (Å²) in [6.07, 6.45) is 1.69. The fourth-order valence-corrected chi connectivity index (χ4v) is 1.93. The molecule has 2 aromatic heterocycles. The number of rotatable bonds is 3. The monoisotopic (exact) mass is 224 g/mol. The minimum atomic E-state index is 0.515. The predicted octanol–water partition coefficient (Wildman–Crippen LogP) is 3.41. The summed E-state index contributed by atoms with van der Waals surface area (Å²) in [6, 6.07) is 7.86. The lowest BCUT2D eigenvalue weighted by atomic mass is 10.4. The quantitative estimate of drug-likeness (QED) is 0.809. The average Bonchev–Trinajstić information content (AvgIpc) is 2.67. The second-order valence-corrected chi connectivity index (χ2v) is 4.22. The number of anilines is 1. The maximum atomic E-state index is 5.76. The third kappa shape index (κ3) is 2.47. The van der Waals surface area contributed by atoms with Gasteiger partial charge in [-0.2, -0.15) is 0 Å². The summed E-state index contributed by atoms with van der Waals surface area (Å²) in [5.41, 5.74) is 0.999. The van der Waals surface area contributed by atoms with Gasteiger partial charge < -0.3 is 5.32 Å². The molecule has 0 aliphatic heterocycles. The van der Waals surface area contributed by atoms with Gasteiger partial charge in [0.15, 0.2) is 0 Å². The van der Waals surface area contributed by atoms with Crippen LogP contribution in [0.2, 0.25) is 5.15 Å². The van der Waals surface area contributed by atoms with Crippen LogP contribution in [0.1, 0.15) is 4.88 Å². The Morgan fingerprint density at radius 3 is 3.07 bits per heavy atom. The average molecular weight is 225 g/mol. The van der Waals surface area contributed by atoms with Gasteiger partial charge in [-0.1, -0.05) is 17.7 Å². The van der Waals surface area contributed by atoms with Gasteiger partial charge in [-0.3, -0.25) is 0 Å². The van der Waals surface area contributed by atoms with Crippen molar-refractivity contribution in [3.05, 3.63) is 45.9 Å². The summed E-state index contributed by atoms with van der Waals surface area (Å²) in [7, 11) is 0. The van der Waals surface area contributed by atoms with Crippen LogP contribution in [-0.4, -0.2) is 4.98 Å². The van der Waals surface area contributed by atoms with Crippen LogP contribution in [0.5, 0.6) is 0 Å². The number of nitrogens with one attached hydrogen (secondary N) is 1. The number of nitrogens with zero attached hydrogens (tertiary/aromatic N) is 1. The first-order chi connectivity index (χ1) is 6.84. The van der Waals surface area contributed by atoms with E-state index in [2.05, 4.69) is 21.7 Å². The van der Waals surface area contributed by atoms with Crippen molar-refractivity contribution in [3.63, 3.8) is 0 Å². The van der Waals surface area contributed by atoms with Crippen molar-refractivity contribution < 1.29 is 0 Å². The second kappa shape index (κ2) is 4.44. The van der Waals surface area contributed by atoms with Gasteiger partial charge in [0, 0.05) is 23.3 Å². The van der Waals surface area contributed by atoms with Crippen LogP contribution in [0.25, 0.3) is 0 Å². The molecule has 0 radical (unpaired) electrons. The number of halogens is 1. The van der Waals surface area contributed by atoms with Gasteiger partial charge in [0.2, 0.25) is 0 Å². The molecule has 0 saturated carbocycles. The minimum Gasteiger partial charge on any atom is -0.380 e. The summed E-state index contributed by atoms with van der Waals surface area (Å²) < 4.78 is 0. The Hall–Kier alpha value is -1.06. The first-order valence-corrected chi connectivity index (χ1v) is 5.48. The lowest BCUT2D eigenvalue weighted by Crippen LogP contribution is -1.97. The van der Waals surface area contributed by atoms with Gasteiger partial charge in [-0.15, -0.1) is 11.3 Å². The van der Waals surface area contributed by atoms with Gasteiger partial charge in [0.25, 0.3) is 0 Å². The Labute approximate surface area is 91.6 Å². The van der Waals surface area contributed by atoms with Gasteiger partial charge in [-0.05, 0) is 23.6 Å². The lowest BCUT2D eigenvalue weighted by molar-refractivity contribution is 1.18. The second-order valence-electron chi connectivity index (χ2n) is 2.80. The topological polar surface area (TPSA) is 24.9 Å². The molecule has 0 aromatic carbocycles. The Morgan fingerprint density at radius 1 is 1.43 bits per heavy atom. The zero-order valence-electron chi connectivity index (χ0n) is 7.40. The maximum absolute atomic E-state index is 5.76. The van der Waals surface area contributed by atoms with Crippen molar-refractivity contribution in [2.45, 2.75) is 6.54 Å². The zero-order valence-corrected chi connectivity index (χ0v) is 8.98. The Morgan fingerprint density at radius 2 is 2.36 bits per heavy atom. The van der Waals surface area contributed by atoms with E-state index in [0.717, 1.165) is 12.2 Å². The zero-order chi connectivity index (χ0) is 9.80. The van der Waals surface area contributed by atoms with E-state index < -0.39 is 0 Å². The highest BCUT2D eigenvalue weighted by atomic mass is 35.5. The fraction of sp³-hybridized carbons (Fsp3) is 0.100. The number of hydrogen-bond acceptors (Lipinski definition) is 3. The molecule has 0 amide bonds. The van der Waals surface area contributed by atoms with Crippen molar-refractivity contribution in [2.75, 3.05) is 5.32 Å². The Bertz CT molecular complexity index is 400. The highest BCUT2D eigenvalue weighted by molar-refractivity contribution is 7.09. The van der Waals surface area contributed by atoms with Crippen LogP contribution in [0.15, 0.2) is 35.8 Å². The lowest BCUT2D eigenvalue weighted by Gasteiger charge is -2.03. The molecule has 2 nitrogen and oxygen atoms in total. The van der Waals surface area contributed by atoms with Gasteiger partial charge >= 0.3 is 0 Å². The van der Waals surface area contributed by atoms with Crippen LogP contribution in [0.4, 0.5) is 5.69 Å². The normalized spacial score (nSPS) is 10.1. The number of hydrogen-bond donors (Lipinski definition) is 1. The molecule has 0 unspecified atom stereocenters. The van der Waals surface area contributed by atoms with Gasteiger partial charge in [-0.25, -0.2) is 4.98 Å². The molecular weight excluding hydrogens is 216 g/mol. The number of aromatic nitrogens is 1. The molecule has 2 heterocycles. The third-order valence-electron chi connectivity index (χ3n) is 1.77. The van der Waals surface area contributed by atoms with Crippen LogP contribution < -0.4 is 5.32 Å². The van der Waals surface area contributed by atoms with E-state index in [1.54, 1.807) is 17.5 Å². The molecule has 0 fully saturated rings. The highest BCUT2D eigenvalue weighted by Gasteiger charge is 1.95. The molecule has 72 valence electrons. The molecule has 1 N–H and O–H groups in total. The van der Waals surface area contributed by atoms with Crippen molar-refractivity contribution in [2.24, 2.45) is 0 Å². The van der Waals surface area contributed by atoms with E-state index in [9.17, 15) is 0 Å². The van der Waals surface area contributed by atoms with Crippen LogP contribution in [0.3, 0.4) is 0 Å². The summed E-state index contributed by atoms with van der Waals surface area (Å²) in [6.45, 7) is 0.831. The minimum absolute atomic E-state index is 0.515. The summed E-state index contributed by atoms with van der Waals surface area (Å²) in [5, 5.41) is 5.85. The molecule has 14 heavy (non-hydrogen) atoms. The number of pyridine rings is 1. The Balaban J connectivity index is 1.98. The molecule has 2 aromatic rings. The van der Waals surface area contributed by atoms with E-state index in [0.29, 0.717) is 5.15 Å². The molecule has 0 bridgehead atoms. The highest BCUT2D eigenvalue weighted by Crippen LogP contribution is 2.15.